The first-order valence-electron chi connectivity index (χ1n) is 8.14. The van der Waals surface area contributed by atoms with Crippen LogP contribution in [0.15, 0.2) is 42.5 Å². The molecule has 0 radical (unpaired) electrons. The number of carbonyl (C=O) groups is 1. The van der Waals surface area contributed by atoms with Gasteiger partial charge >= 0.3 is 0 Å². The van der Waals surface area contributed by atoms with Crippen LogP contribution in [0.5, 0.6) is 0 Å². The summed E-state index contributed by atoms with van der Waals surface area (Å²) in [6, 6.07) is 13.2. The highest BCUT2D eigenvalue weighted by atomic mass is 19.1. The van der Waals surface area contributed by atoms with E-state index in [4.69, 9.17) is 0 Å². The molecule has 3 rings (SSSR count). The zero-order chi connectivity index (χ0) is 16.6. The monoisotopic (exact) mass is 311 g/mol. The van der Waals surface area contributed by atoms with E-state index < -0.39 is 0 Å². The van der Waals surface area contributed by atoms with Crippen LogP contribution >= 0.6 is 0 Å². The fraction of sp³-hybridized carbons (Fsp3) is 0.350. The van der Waals surface area contributed by atoms with Crippen LogP contribution in [0.2, 0.25) is 0 Å². The van der Waals surface area contributed by atoms with Gasteiger partial charge in [-0.25, -0.2) is 4.39 Å². The molecule has 0 saturated carbocycles. The van der Waals surface area contributed by atoms with Crippen molar-refractivity contribution in [1.82, 2.24) is 0 Å². The third kappa shape index (κ3) is 3.00. The van der Waals surface area contributed by atoms with Crippen LogP contribution in [0, 0.1) is 12.7 Å². The summed E-state index contributed by atoms with van der Waals surface area (Å²) in [4.78, 5) is 14.5. The fourth-order valence-corrected chi connectivity index (χ4v) is 3.28. The highest BCUT2D eigenvalue weighted by Gasteiger charge is 2.33. The Labute approximate surface area is 136 Å². The van der Waals surface area contributed by atoms with Crippen LogP contribution < -0.4 is 4.90 Å². The smallest absolute Gasteiger partial charge is 0.234 e. The van der Waals surface area contributed by atoms with Crippen LogP contribution in [-0.2, 0) is 4.79 Å². The first-order valence-corrected chi connectivity index (χ1v) is 8.14. The molecule has 23 heavy (non-hydrogen) atoms. The van der Waals surface area contributed by atoms with E-state index in [2.05, 4.69) is 6.07 Å². The first kappa shape index (κ1) is 15.7. The molecule has 3 heteroatoms. The van der Waals surface area contributed by atoms with E-state index in [9.17, 15) is 9.18 Å². The van der Waals surface area contributed by atoms with Crippen molar-refractivity contribution in [3.63, 3.8) is 0 Å². The molecule has 1 aliphatic heterocycles. The van der Waals surface area contributed by atoms with E-state index in [0.717, 1.165) is 17.5 Å². The summed E-state index contributed by atoms with van der Waals surface area (Å²) in [5.41, 5.74) is 3.56. The predicted octanol–water partition coefficient (Wildman–Crippen LogP) is 4.78. The van der Waals surface area contributed by atoms with E-state index in [1.165, 1.54) is 6.07 Å². The van der Waals surface area contributed by atoms with E-state index in [1.807, 2.05) is 45.0 Å². The van der Waals surface area contributed by atoms with Crippen LogP contribution in [0.4, 0.5) is 10.1 Å². The van der Waals surface area contributed by atoms with Gasteiger partial charge in [0.25, 0.3) is 0 Å². The van der Waals surface area contributed by atoms with Gasteiger partial charge in [-0.1, -0.05) is 49.7 Å². The number of nitrogens with zero attached hydrogens (tertiary/aromatic N) is 1. The fourth-order valence-electron chi connectivity index (χ4n) is 3.28. The van der Waals surface area contributed by atoms with Gasteiger partial charge in [0.15, 0.2) is 0 Å². The van der Waals surface area contributed by atoms with Crippen LogP contribution in [0.1, 0.15) is 48.8 Å². The molecule has 1 fully saturated rings. The number of hydrogen-bond donors (Lipinski definition) is 0. The number of carbonyl (C=O) groups excluding carboxylic acids is 1. The van der Waals surface area contributed by atoms with Gasteiger partial charge in [0, 0.05) is 12.2 Å². The Kier molecular flexibility index (Phi) is 4.20. The van der Waals surface area contributed by atoms with Crippen LogP contribution in [0.25, 0.3) is 0 Å². The number of rotatable bonds is 3. The quantitative estimate of drug-likeness (QED) is 0.799. The van der Waals surface area contributed by atoms with Crippen molar-refractivity contribution in [3.05, 3.63) is 65.0 Å². The molecule has 1 amide bonds. The van der Waals surface area contributed by atoms with Gasteiger partial charge in [-0.15, -0.1) is 0 Å². The number of benzene rings is 2. The van der Waals surface area contributed by atoms with E-state index in [1.54, 1.807) is 11.0 Å². The van der Waals surface area contributed by atoms with E-state index in [-0.39, 0.29) is 23.6 Å². The minimum Gasteiger partial charge on any atom is -0.312 e. The largest absolute Gasteiger partial charge is 0.312 e. The second kappa shape index (κ2) is 6.15. The van der Waals surface area contributed by atoms with E-state index in [0.29, 0.717) is 17.8 Å². The minimum absolute atomic E-state index is 0.0623. The maximum atomic E-state index is 14.2. The van der Waals surface area contributed by atoms with Gasteiger partial charge in [-0.2, -0.15) is 0 Å². The molecule has 0 aliphatic carbocycles. The van der Waals surface area contributed by atoms with Crippen LogP contribution in [0.3, 0.4) is 0 Å². The van der Waals surface area contributed by atoms with Gasteiger partial charge in [0.1, 0.15) is 5.82 Å². The highest BCUT2D eigenvalue weighted by Crippen LogP contribution is 2.33. The van der Waals surface area contributed by atoms with Gasteiger partial charge < -0.3 is 4.90 Å². The number of aryl methyl sites for hydroxylation is 1. The third-order valence-corrected chi connectivity index (χ3v) is 4.57. The molecule has 0 aromatic heterocycles. The topological polar surface area (TPSA) is 20.3 Å². The van der Waals surface area contributed by atoms with Crippen molar-refractivity contribution in [3.8, 4) is 0 Å². The van der Waals surface area contributed by atoms with Crippen molar-refractivity contribution in [2.75, 3.05) is 11.4 Å². The Morgan fingerprint density at radius 1 is 1.17 bits per heavy atom. The van der Waals surface area contributed by atoms with Crippen molar-refractivity contribution >= 4 is 11.6 Å². The zero-order valence-corrected chi connectivity index (χ0v) is 13.8. The minimum atomic E-state index is -0.232. The van der Waals surface area contributed by atoms with Crippen LogP contribution in [-0.4, -0.2) is 12.5 Å². The highest BCUT2D eigenvalue weighted by molar-refractivity contribution is 6.00. The summed E-state index contributed by atoms with van der Waals surface area (Å²) in [6.07, 6.45) is 0.774. The van der Waals surface area contributed by atoms with E-state index >= 15 is 0 Å². The molecular weight excluding hydrogens is 289 g/mol. The summed E-state index contributed by atoms with van der Waals surface area (Å²) >= 11 is 0. The molecule has 1 heterocycles. The number of hydrogen-bond acceptors (Lipinski definition) is 1. The number of anilines is 1. The maximum Gasteiger partial charge on any atom is 0.234 e. The second-order valence-corrected chi connectivity index (χ2v) is 6.61. The Morgan fingerprint density at radius 2 is 1.96 bits per heavy atom. The Balaban J connectivity index is 1.86. The molecule has 2 aromatic carbocycles. The van der Waals surface area contributed by atoms with Crippen molar-refractivity contribution < 1.29 is 9.18 Å². The molecule has 1 saturated heterocycles. The molecule has 1 aliphatic rings. The maximum absolute atomic E-state index is 14.2. The molecule has 0 bridgehead atoms. The lowest BCUT2D eigenvalue weighted by Gasteiger charge is -2.18. The lowest BCUT2D eigenvalue weighted by Crippen LogP contribution is -2.26. The molecule has 1 atom stereocenters. The molecule has 120 valence electrons. The molecule has 0 N–H and O–H groups in total. The van der Waals surface area contributed by atoms with Crippen molar-refractivity contribution in [2.45, 2.75) is 39.0 Å². The summed E-state index contributed by atoms with van der Waals surface area (Å²) in [6.45, 7) is 6.60. The first-order chi connectivity index (χ1) is 11.0. The van der Waals surface area contributed by atoms with Gasteiger partial charge in [-0.3, -0.25) is 4.79 Å². The summed E-state index contributed by atoms with van der Waals surface area (Å²) in [7, 11) is 0. The Hall–Kier alpha value is -2.16. The summed E-state index contributed by atoms with van der Waals surface area (Å²) in [5.74, 6) is -0.155. The van der Waals surface area contributed by atoms with Gasteiger partial charge in [0.05, 0.1) is 5.92 Å². The average molecular weight is 311 g/mol. The van der Waals surface area contributed by atoms with Gasteiger partial charge in [-0.05, 0) is 42.5 Å². The molecule has 2 aromatic rings. The molecule has 0 spiro atoms. The SMILES string of the molecule is Cc1cccc(C2CCN(c3ccc(C(C)C)c(F)c3)C2=O)c1. The average Bonchev–Trinajstić information content (AvgIpc) is 2.88. The standard InChI is InChI=1S/C20H22FNO/c1-13(2)17-8-7-16(12-19(17)21)22-10-9-18(20(22)23)15-6-4-5-14(3)11-15/h4-8,11-13,18H,9-10H2,1-3H3. The summed E-state index contributed by atoms with van der Waals surface area (Å²) in [5, 5.41) is 0. The van der Waals surface area contributed by atoms with Crippen molar-refractivity contribution in [1.29, 1.82) is 0 Å². The Morgan fingerprint density at radius 3 is 2.61 bits per heavy atom. The predicted molar refractivity (Wildman–Crippen MR) is 91.4 cm³/mol. The van der Waals surface area contributed by atoms with Gasteiger partial charge in [0.2, 0.25) is 5.91 Å². The normalized spacial score (nSPS) is 18.0. The number of amides is 1. The second-order valence-electron chi connectivity index (χ2n) is 6.61. The Bertz CT molecular complexity index is 738. The third-order valence-electron chi connectivity index (χ3n) is 4.57. The molecule has 1 unspecified atom stereocenters. The lowest BCUT2D eigenvalue weighted by molar-refractivity contribution is -0.118. The van der Waals surface area contributed by atoms with Crippen molar-refractivity contribution in [2.24, 2.45) is 0 Å². The molecule has 2 nitrogen and oxygen atoms in total. The molecular formula is C20H22FNO. The summed E-state index contributed by atoms with van der Waals surface area (Å²) < 4.78 is 14.2. The zero-order valence-electron chi connectivity index (χ0n) is 13.8. The number of halogens is 1. The lowest BCUT2D eigenvalue weighted by atomic mass is 9.96.